The fourth-order valence-electron chi connectivity index (χ4n) is 2.12. The highest BCUT2D eigenvalue weighted by molar-refractivity contribution is 5.79. The Balaban J connectivity index is 1.91. The van der Waals surface area contributed by atoms with Gasteiger partial charge in [0.25, 0.3) is 0 Å². The summed E-state index contributed by atoms with van der Waals surface area (Å²) in [5.41, 5.74) is 7.34. The maximum absolute atomic E-state index is 14.0. The fourth-order valence-corrected chi connectivity index (χ4v) is 2.12. The van der Waals surface area contributed by atoms with Gasteiger partial charge >= 0.3 is 0 Å². The van der Waals surface area contributed by atoms with E-state index >= 15 is 0 Å². The van der Waals surface area contributed by atoms with Crippen LogP contribution in [0.1, 0.15) is 18.5 Å². The molecule has 3 nitrogen and oxygen atoms in total. The third kappa shape index (κ3) is 2.85. The second-order valence-electron chi connectivity index (χ2n) is 4.94. The lowest BCUT2D eigenvalue weighted by Gasteiger charge is -2.10. The Hall–Kier alpha value is -2.46. The Morgan fingerprint density at radius 3 is 2.71 bits per heavy atom. The molecule has 21 heavy (non-hydrogen) atoms. The molecule has 0 amide bonds. The highest BCUT2D eigenvalue weighted by Gasteiger charge is 2.09. The second-order valence-corrected chi connectivity index (χ2v) is 4.94. The Kier molecular flexibility index (Phi) is 3.54. The zero-order chi connectivity index (χ0) is 14.8. The Bertz CT molecular complexity index is 787. The van der Waals surface area contributed by atoms with Crippen LogP contribution in [0, 0.1) is 5.82 Å². The molecule has 0 aliphatic heterocycles. The van der Waals surface area contributed by atoms with Crippen LogP contribution in [0.25, 0.3) is 10.9 Å². The number of halogens is 1. The third-order valence-corrected chi connectivity index (χ3v) is 3.27. The minimum atomic E-state index is -0.432. The van der Waals surface area contributed by atoms with Gasteiger partial charge in [0.2, 0.25) is 0 Å². The summed E-state index contributed by atoms with van der Waals surface area (Å²) in [6.07, 6.45) is 1.58. The quantitative estimate of drug-likeness (QED) is 0.783. The van der Waals surface area contributed by atoms with Crippen LogP contribution in [0.5, 0.6) is 11.5 Å². The highest BCUT2D eigenvalue weighted by atomic mass is 19.1. The van der Waals surface area contributed by atoms with Crippen molar-refractivity contribution in [2.24, 2.45) is 5.73 Å². The predicted octanol–water partition coefficient (Wildman–Crippen LogP) is 4.19. The number of nitrogens with zero attached hydrogens (tertiary/aromatic N) is 1. The molecular formula is C17H15FN2O. The molecule has 2 aromatic carbocycles. The predicted molar refractivity (Wildman–Crippen MR) is 80.8 cm³/mol. The van der Waals surface area contributed by atoms with E-state index in [9.17, 15) is 4.39 Å². The van der Waals surface area contributed by atoms with Gasteiger partial charge in [-0.3, -0.25) is 4.98 Å². The zero-order valence-corrected chi connectivity index (χ0v) is 11.6. The molecule has 0 saturated carbocycles. The number of nitrogens with two attached hydrogens (primary N) is 1. The first-order valence-electron chi connectivity index (χ1n) is 6.71. The van der Waals surface area contributed by atoms with Gasteiger partial charge in [-0.1, -0.05) is 24.3 Å². The molecular weight excluding hydrogens is 267 g/mol. The summed E-state index contributed by atoms with van der Waals surface area (Å²) >= 11 is 0. The number of hydrogen-bond acceptors (Lipinski definition) is 3. The first kappa shape index (κ1) is 13.5. The fraction of sp³-hybridized carbons (Fsp3) is 0.118. The van der Waals surface area contributed by atoms with Gasteiger partial charge in [-0.25, -0.2) is 4.39 Å². The first-order chi connectivity index (χ1) is 10.1. The van der Waals surface area contributed by atoms with Crippen LogP contribution >= 0.6 is 0 Å². The molecule has 2 N–H and O–H groups in total. The van der Waals surface area contributed by atoms with Crippen molar-refractivity contribution in [1.29, 1.82) is 0 Å². The van der Waals surface area contributed by atoms with Gasteiger partial charge in [0.15, 0.2) is 11.6 Å². The summed E-state index contributed by atoms with van der Waals surface area (Å²) < 4.78 is 19.6. The van der Waals surface area contributed by atoms with E-state index in [-0.39, 0.29) is 11.8 Å². The van der Waals surface area contributed by atoms with Crippen LogP contribution < -0.4 is 10.5 Å². The Labute approximate surface area is 122 Å². The van der Waals surface area contributed by atoms with Crippen molar-refractivity contribution in [2.75, 3.05) is 0 Å². The number of ether oxygens (including phenoxy) is 1. The van der Waals surface area contributed by atoms with Crippen molar-refractivity contribution >= 4 is 10.9 Å². The number of aromatic nitrogens is 1. The number of rotatable bonds is 3. The number of para-hydroxylation sites is 1. The molecule has 0 aliphatic carbocycles. The second kappa shape index (κ2) is 5.50. The summed E-state index contributed by atoms with van der Waals surface area (Å²) in [5, 5.41) is 0.947. The van der Waals surface area contributed by atoms with Crippen LogP contribution in [-0.2, 0) is 0 Å². The van der Waals surface area contributed by atoms with E-state index in [1.54, 1.807) is 18.3 Å². The lowest BCUT2D eigenvalue weighted by atomic mass is 10.1. The minimum absolute atomic E-state index is 0.163. The van der Waals surface area contributed by atoms with Gasteiger partial charge in [0.05, 0.1) is 11.7 Å². The molecule has 0 fully saturated rings. The van der Waals surface area contributed by atoms with Crippen LogP contribution in [-0.4, -0.2) is 4.98 Å². The number of fused-ring (bicyclic) bond motifs is 1. The Morgan fingerprint density at radius 1 is 1.14 bits per heavy atom. The molecule has 3 rings (SSSR count). The van der Waals surface area contributed by atoms with Gasteiger partial charge < -0.3 is 10.5 Å². The van der Waals surface area contributed by atoms with E-state index in [0.717, 1.165) is 16.5 Å². The number of benzene rings is 2. The summed E-state index contributed by atoms with van der Waals surface area (Å²) in [7, 11) is 0. The van der Waals surface area contributed by atoms with Gasteiger partial charge in [0, 0.05) is 11.4 Å². The summed E-state index contributed by atoms with van der Waals surface area (Å²) in [6, 6.07) is 14.1. The van der Waals surface area contributed by atoms with E-state index in [4.69, 9.17) is 10.5 Å². The van der Waals surface area contributed by atoms with Gasteiger partial charge in [0.1, 0.15) is 5.75 Å². The van der Waals surface area contributed by atoms with Gasteiger partial charge in [-0.15, -0.1) is 0 Å². The monoisotopic (exact) mass is 282 g/mol. The molecule has 0 aliphatic rings. The molecule has 0 radical (unpaired) electrons. The van der Waals surface area contributed by atoms with Crippen LogP contribution in [0.15, 0.2) is 54.7 Å². The average Bonchev–Trinajstić information content (AvgIpc) is 2.49. The summed E-state index contributed by atoms with van der Waals surface area (Å²) in [4.78, 5) is 4.29. The smallest absolute Gasteiger partial charge is 0.166 e. The standard InChI is InChI=1S/C17H15FN2O/c1-11(19)12-6-7-17(15(18)9-12)21-14-8-13-4-2-3-5-16(13)20-10-14/h2-11H,19H2,1H3. The largest absolute Gasteiger partial charge is 0.453 e. The highest BCUT2D eigenvalue weighted by Crippen LogP contribution is 2.27. The molecule has 0 bridgehead atoms. The van der Waals surface area contributed by atoms with Crippen molar-refractivity contribution < 1.29 is 9.13 Å². The molecule has 106 valence electrons. The van der Waals surface area contributed by atoms with Crippen molar-refractivity contribution in [3.05, 3.63) is 66.1 Å². The van der Waals surface area contributed by atoms with Crippen molar-refractivity contribution in [2.45, 2.75) is 13.0 Å². The lowest BCUT2D eigenvalue weighted by molar-refractivity contribution is 0.440. The molecule has 4 heteroatoms. The van der Waals surface area contributed by atoms with E-state index in [1.165, 1.54) is 6.07 Å². The van der Waals surface area contributed by atoms with E-state index < -0.39 is 5.82 Å². The van der Waals surface area contributed by atoms with Crippen molar-refractivity contribution in [3.8, 4) is 11.5 Å². The maximum Gasteiger partial charge on any atom is 0.166 e. The van der Waals surface area contributed by atoms with Gasteiger partial charge in [-0.2, -0.15) is 0 Å². The van der Waals surface area contributed by atoms with Crippen molar-refractivity contribution in [3.63, 3.8) is 0 Å². The molecule has 1 unspecified atom stereocenters. The van der Waals surface area contributed by atoms with Crippen LogP contribution in [0.3, 0.4) is 0 Å². The van der Waals surface area contributed by atoms with E-state index in [0.29, 0.717) is 5.75 Å². The number of pyridine rings is 1. The van der Waals surface area contributed by atoms with E-state index in [1.807, 2.05) is 37.3 Å². The number of hydrogen-bond donors (Lipinski definition) is 1. The molecule has 1 heterocycles. The normalized spacial score (nSPS) is 12.3. The average molecular weight is 282 g/mol. The zero-order valence-electron chi connectivity index (χ0n) is 11.6. The summed E-state index contributed by atoms with van der Waals surface area (Å²) in [5.74, 6) is 0.232. The van der Waals surface area contributed by atoms with Crippen LogP contribution in [0.4, 0.5) is 4.39 Å². The third-order valence-electron chi connectivity index (χ3n) is 3.27. The molecule has 0 saturated heterocycles. The van der Waals surface area contributed by atoms with Crippen molar-refractivity contribution in [1.82, 2.24) is 4.98 Å². The van der Waals surface area contributed by atoms with Crippen LogP contribution in [0.2, 0.25) is 0 Å². The molecule has 0 spiro atoms. The minimum Gasteiger partial charge on any atom is -0.453 e. The Morgan fingerprint density at radius 2 is 1.95 bits per heavy atom. The lowest BCUT2D eigenvalue weighted by Crippen LogP contribution is -2.05. The SMILES string of the molecule is CC(N)c1ccc(Oc2cnc3ccccc3c2)c(F)c1. The topological polar surface area (TPSA) is 48.1 Å². The summed E-state index contributed by atoms with van der Waals surface area (Å²) in [6.45, 7) is 1.81. The first-order valence-corrected chi connectivity index (χ1v) is 6.71. The van der Waals surface area contributed by atoms with Gasteiger partial charge in [-0.05, 0) is 36.8 Å². The maximum atomic E-state index is 14.0. The van der Waals surface area contributed by atoms with E-state index in [2.05, 4.69) is 4.98 Å². The molecule has 3 aromatic rings. The molecule has 1 aromatic heterocycles. The molecule has 1 atom stereocenters.